The summed E-state index contributed by atoms with van der Waals surface area (Å²) in [4.78, 5) is 24.5. The van der Waals surface area contributed by atoms with Gasteiger partial charge in [0, 0.05) is 50.1 Å². The van der Waals surface area contributed by atoms with Crippen LogP contribution in [0, 0.1) is 6.92 Å². The molecule has 1 saturated heterocycles. The van der Waals surface area contributed by atoms with Gasteiger partial charge in [-0.1, -0.05) is 24.3 Å². The molecule has 1 aromatic heterocycles. The molecule has 168 valence electrons. The number of carbonyl (C=O) groups is 2. The average molecular weight is 428 g/mol. The van der Waals surface area contributed by atoms with Crippen molar-refractivity contribution in [1.82, 2.24) is 9.88 Å². The van der Waals surface area contributed by atoms with Crippen LogP contribution >= 0.6 is 0 Å². The predicted molar refractivity (Wildman–Crippen MR) is 127 cm³/mol. The highest BCUT2D eigenvalue weighted by Gasteiger charge is 2.18. The van der Waals surface area contributed by atoms with E-state index in [2.05, 4.69) is 46.4 Å². The molecule has 3 aromatic rings. The summed E-state index contributed by atoms with van der Waals surface area (Å²) in [6.07, 6.45) is 2.63. The van der Waals surface area contributed by atoms with Gasteiger partial charge in [0.1, 0.15) is 13.1 Å². The van der Waals surface area contributed by atoms with Gasteiger partial charge >= 0.3 is 0 Å². The first-order valence-electron chi connectivity index (χ1n) is 9.67. The van der Waals surface area contributed by atoms with Crippen molar-refractivity contribution in [3.05, 3.63) is 71.9 Å². The molecule has 0 amide bonds. The molecule has 1 aliphatic heterocycles. The Morgan fingerprint density at radius 3 is 2.06 bits per heavy atom. The van der Waals surface area contributed by atoms with Crippen LogP contribution in [-0.4, -0.2) is 73.6 Å². The Kier molecular flexibility index (Phi) is 15.0. The normalized spacial score (nSPS) is 12.1. The number of aliphatic hydroxyl groups excluding tert-OH is 2. The number of carbonyl (C=O) groups excluding carboxylic acids is 2. The van der Waals surface area contributed by atoms with Gasteiger partial charge in [0.05, 0.1) is 11.6 Å². The second-order valence-electron chi connectivity index (χ2n) is 6.51. The van der Waals surface area contributed by atoms with Crippen LogP contribution in [0.4, 0.5) is 5.69 Å². The van der Waals surface area contributed by atoms with Gasteiger partial charge in [-0.2, -0.15) is 0 Å². The molecule has 0 atom stereocenters. The van der Waals surface area contributed by atoms with Gasteiger partial charge in [-0.15, -0.1) is 0 Å². The van der Waals surface area contributed by atoms with Crippen LogP contribution in [0.25, 0.3) is 10.9 Å². The number of fused-ring (bicyclic) bond motifs is 1. The highest BCUT2D eigenvalue weighted by molar-refractivity contribution is 5.81. The molecule has 0 bridgehead atoms. The van der Waals surface area contributed by atoms with Crippen molar-refractivity contribution in [2.75, 3.05) is 39.6 Å². The molecule has 0 radical (unpaired) electrons. The van der Waals surface area contributed by atoms with Crippen LogP contribution in [0.1, 0.15) is 15.9 Å². The number of aldehydes is 1. The molecule has 3 N–H and O–H groups in total. The van der Waals surface area contributed by atoms with Crippen LogP contribution in [0.2, 0.25) is 0 Å². The van der Waals surface area contributed by atoms with Crippen molar-refractivity contribution in [1.29, 1.82) is 0 Å². The van der Waals surface area contributed by atoms with E-state index in [0.29, 0.717) is 5.56 Å². The standard InChI is InChI=1S/C10H9N.C8H9NO.C4H9NO.CH4O.CH2O/c1-8-4-2-5-9-6-3-7-11-10(8)9;1-9-8-4-2-7(6-10)3-5-8;1-5-2-4(6)3-5;2*1-2/h2-7H,1H3;2-6,9H,1H3;4,6H,2-3H2,1H3;2H,1H3;1H2. The monoisotopic (exact) mass is 427 g/mol. The Labute approximate surface area is 184 Å². The molecule has 0 spiro atoms. The number of nitrogens with one attached hydrogen (secondary N) is 1. The molecule has 2 heterocycles. The maximum Gasteiger partial charge on any atom is 0.150 e. The van der Waals surface area contributed by atoms with Crippen molar-refractivity contribution in [2.45, 2.75) is 13.0 Å². The molecule has 1 aliphatic rings. The van der Waals surface area contributed by atoms with Crippen molar-refractivity contribution >= 4 is 29.7 Å². The van der Waals surface area contributed by atoms with E-state index in [9.17, 15) is 4.79 Å². The van der Waals surface area contributed by atoms with Crippen LogP contribution in [0.3, 0.4) is 0 Å². The summed E-state index contributed by atoms with van der Waals surface area (Å²) in [5, 5.41) is 19.8. The molecule has 7 nitrogen and oxygen atoms in total. The summed E-state index contributed by atoms with van der Waals surface area (Å²) in [6.45, 7) is 5.80. The van der Waals surface area contributed by atoms with Crippen LogP contribution in [0.15, 0.2) is 60.8 Å². The fourth-order valence-corrected chi connectivity index (χ4v) is 2.65. The van der Waals surface area contributed by atoms with Crippen LogP contribution < -0.4 is 5.32 Å². The third kappa shape index (κ3) is 10.5. The Balaban J connectivity index is 0.000000416. The molecular weight excluding hydrogens is 394 g/mol. The fourth-order valence-electron chi connectivity index (χ4n) is 2.65. The highest BCUT2D eigenvalue weighted by Crippen LogP contribution is 2.13. The lowest BCUT2D eigenvalue weighted by atomic mass is 10.1. The van der Waals surface area contributed by atoms with E-state index >= 15 is 0 Å². The van der Waals surface area contributed by atoms with Gasteiger partial charge in [-0.3, -0.25) is 9.78 Å². The highest BCUT2D eigenvalue weighted by atomic mass is 16.3. The van der Waals surface area contributed by atoms with Gasteiger partial charge in [-0.05, 0) is 49.9 Å². The van der Waals surface area contributed by atoms with E-state index in [1.807, 2.05) is 45.3 Å². The zero-order chi connectivity index (χ0) is 23.6. The number of β-amino-alcohol motifs (C(OH)–C–C–N with tert-alkyl or cyclic N) is 1. The first-order valence-corrected chi connectivity index (χ1v) is 9.67. The third-order valence-corrected chi connectivity index (χ3v) is 4.21. The van der Waals surface area contributed by atoms with E-state index in [4.69, 9.17) is 15.0 Å². The van der Waals surface area contributed by atoms with E-state index in [1.54, 1.807) is 12.1 Å². The molecule has 31 heavy (non-hydrogen) atoms. The van der Waals surface area contributed by atoms with Gasteiger partial charge in [0.2, 0.25) is 0 Å². The summed E-state index contributed by atoms with van der Waals surface area (Å²) in [5.74, 6) is 0. The topological polar surface area (TPSA) is 103 Å². The molecule has 2 aromatic carbocycles. The molecule has 7 heteroatoms. The second-order valence-corrected chi connectivity index (χ2v) is 6.51. The number of pyridine rings is 1. The number of benzene rings is 2. The Morgan fingerprint density at radius 2 is 1.65 bits per heavy atom. The first kappa shape index (κ1) is 27.9. The molecular formula is C24H33N3O4. The number of nitrogens with zero attached hydrogens (tertiary/aromatic N) is 2. The lowest BCUT2D eigenvalue weighted by Gasteiger charge is -2.31. The number of rotatable bonds is 2. The zero-order valence-electron chi connectivity index (χ0n) is 18.7. The summed E-state index contributed by atoms with van der Waals surface area (Å²) < 4.78 is 0. The van der Waals surface area contributed by atoms with Gasteiger partial charge < -0.3 is 25.2 Å². The van der Waals surface area contributed by atoms with Crippen molar-refractivity contribution in [2.24, 2.45) is 0 Å². The molecule has 1 fully saturated rings. The molecule has 0 unspecified atom stereocenters. The number of hydrogen-bond donors (Lipinski definition) is 3. The summed E-state index contributed by atoms with van der Waals surface area (Å²) in [7, 11) is 4.84. The minimum atomic E-state index is -0.0324. The van der Waals surface area contributed by atoms with Gasteiger partial charge in [0.25, 0.3) is 0 Å². The third-order valence-electron chi connectivity index (χ3n) is 4.21. The van der Waals surface area contributed by atoms with Crippen molar-refractivity contribution in [3.8, 4) is 0 Å². The van der Waals surface area contributed by atoms with Gasteiger partial charge in [0.15, 0.2) is 0 Å². The minimum absolute atomic E-state index is 0.0324. The maximum atomic E-state index is 10.2. The number of aliphatic hydroxyl groups is 2. The van der Waals surface area contributed by atoms with Crippen molar-refractivity contribution in [3.63, 3.8) is 0 Å². The number of anilines is 1. The summed E-state index contributed by atoms with van der Waals surface area (Å²) in [5.41, 5.74) is 4.07. The van der Waals surface area contributed by atoms with E-state index in [1.165, 1.54) is 10.9 Å². The summed E-state index contributed by atoms with van der Waals surface area (Å²) >= 11 is 0. The Bertz CT molecular complexity index is 855. The predicted octanol–water partition coefficient (Wildman–Crippen LogP) is 2.80. The number of likely N-dealkylation sites (tertiary alicyclic amines) is 1. The summed E-state index contributed by atoms with van der Waals surface area (Å²) in [6, 6.07) is 17.5. The number of aromatic nitrogens is 1. The number of para-hydroxylation sites is 1. The molecule has 0 aliphatic carbocycles. The van der Waals surface area contributed by atoms with Crippen LogP contribution in [0.5, 0.6) is 0 Å². The Morgan fingerprint density at radius 1 is 1.06 bits per heavy atom. The maximum absolute atomic E-state index is 10.2. The minimum Gasteiger partial charge on any atom is -0.400 e. The lowest BCUT2D eigenvalue weighted by Crippen LogP contribution is -2.47. The van der Waals surface area contributed by atoms with E-state index < -0.39 is 0 Å². The van der Waals surface area contributed by atoms with Crippen molar-refractivity contribution < 1.29 is 19.8 Å². The fraction of sp³-hybridized carbons (Fsp3) is 0.292. The number of aryl methyl sites for hydroxylation is 1. The van der Waals surface area contributed by atoms with Gasteiger partial charge in [-0.25, -0.2) is 0 Å². The van der Waals surface area contributed by atoms with Crippen LogP contribution in [-0.2, 0) is 4.79 Å². The smallest absolute Gasteiger partial charge is 0.150 e. The quantitative estimate of drug-likeness (QED) is 0.541. The number of likely N-dealkylation sites (N-methyl/N-ethyl adjacent to an activating group) is 1. The molecule has 0 saturated carbocycles. The molecule has 4 rings (SSSR count). The second kappa shape index (κ2) is 16.6. The largest absolute Gasteiger partial charge is 0.400 e. The Hall–Kier alpha value is -3.13. The zero-order valence-corrected chi connectivity index (χ0v) is 18.7. The average Bonchev–Trinajstić information content (AvgIpc) is 2.82. The van der Waals surface area contributed by atoms with E-state index in [0.717, 1.165) is 37.7 Å². The SMILES string of the molecule is C=O.CN1CC(O)C1.CNc1ccc(C=O)cc1.CO.Cc1cccc2cccnc12. The number of hydrogen-bond acceptors (Lipinski definition) is 7. The first-order chi connectivity index (χ1) is 15.0. The lowest BCUT2D eigenvalue weighted by molar-refractivity contribution is -0.0980. The van der Waals surface area contributed by atoms with E-state index in [-0.39, 0.29) is 6.10 Å².